The number of amides is 1. The fourth-order valence-electron chi connectivity index (χ4n) is 3.73. The Bertz CT molecular complexity index is 967. The first-order chi connectivity index (χ1) is 14.2. The van der Waals surface area contributed by atoms with Crippen LogP contribution in [-0.4, -0.2) is 57.2 Å². The Balaban J connectivity index is 1.56. The fraction of sp³-hybridized carbons (Fsp3) is 0.381. The van der Waals surface area contributed by atoms with Crippen molar-refractivity contribution in [1.29, 1.82) is 0 Å². The first-order valence-corrected chi connectivity index (χ1v) is 9.66. The number of likely N-dealkylation sites (tertiary alicyclic amines) is 1. The predicted octanol–water partition coefficient (Wildman–Crippen LogP) is 2.31. The molecule has 2 aromatic heterocycles. The van der Waals surface area contributed by atoms with Gasteiger partial charge >= 0.3 is 0 Å². The molecule has 0 N–H and O–H groups in total. The maximum Gasteiger partial charge on any atom is 0.222 e. The van der Waals surface area contributed by atoms with Crippen LogP contribution in [0, 0.1) is 5.92 Å². The smallest absolute Gasteiger partial charge is 0.222 e. The molecule has 0 saturated carbocycles. The summed E-state index contributed by atoms with van der Waals surface area (Å²) in [5.41, 5.74) is 0.873. The summed E-state index contributed by atoms with van der Waals surface area (Å²) in [6.45, 7) is 2.66. The van der Waals surface area contributed by atoms with E-state index in [0.29, 0.717) is 31.1 Å². The molecule has 0 radical (unpaired) electrons. The minimum atomic E-state index is 0.196. The Hall–Kier alpha value is -3.29. The second kappa shape index (κ2) is 8.38. The van der Waals surface area contributed by atoms with Crippen molar-refractivity contribution in [3.63, 3.8) is 0 Å². The molecule has 1 fully saturated rings. The Morgan fingerprint density at radius 1 is 1.24 bits per heavy atom. The van der Waals surface area contributed by atoms with Crippen molar-refractivity contribution in [2.24, 2.45) is 5.92 Å². The third-order valence-electron chi connectivity index (χ3n) is 5.19. The maximum absolute atomic E-state index is 11.9. The van der Waals surface area contributed by atoms with Gasteiger partial charge in [0, 0.05) is 57.3 Å². The van der Waals surface area contributed by atoms with Gasteiger partial charge in [0.05, 0.1) is 25.5 Å². The Labute approximate surface area is 169 Å². The van der Waals surface area contributed by atoms with Crippen molar-refractivity contribution >= 4 is 5.91 Å². The van der Waals surface area contributed by atoms with Gasteiger partial charge in [-0.25, -0.2) is 9.97 Å². The number of methoxy groups -OCH3 is 1. The van der Waals surface area contributed by atoms with E-state index in [2.05, 4.69) is 14.5 Å². The number of carbonyl (C=O) groups excluding carboxylic acids is 1. The van der Waals surface area contributed by atoms with Crippen LogP contribution in [0.25, 0.3) is 11.4 Å². The molecule has 1 aliphatic rings. The second-order valence-electron chi connectivity index (χ2n) is 7.23. The summed E-state index contributed by atoms with van der Waals surface area (Å²) in [7, 11) is 3.49. The minimum absolute atomic E-state index is 0.196. The van der Waals surface area contributed by atoms with Crippen LogP contribution in [0.1, 0.15) is 6.42 Å². The van der Waals surface area contributed by atoms with Crippen molar-refractivity contribution < 1.29 is 14.3 Å². The lowest BCUT2D eigenvalue weighted by Crippen LogP contribution is -2.20. The van der Waals surface area contributed by atoms with Gasteiger partial charge in [0.25, 0.3) is 0 Å². The average Bonchev–Trinajstić information content (AvgIpc) is 3.45. The predicted molar refractivity (Wildman–Crippen MR) is 108 cm³/mol. The monoisotopic (exact) mass is 395 g/mol. The molecule has 0 bridgehead atoms. The Kier molecular flexibility index (Phi) is 5.50. The van der Waals surface area contributed by atoms with Gasteiger partial charge in [0.15, 0.2) is 11.5 Å². The van der Waals surface area contributed by atoms with E-state index < -0.39 is 0 Å². The fourth-order valence-corrected chi connectivity index (χ4v) is 3.73. The number of nitrogens with zero attached hydrogens (tertiary/aromatic N) is 5. The van der Waals surface area contributed by atoms with Crippen LogP contribution in [0.3, 0.4) is 0 Å². The van der Waals surface area contributed by atoms with E-state index in [1.165, 1.54) is 0 Å². The quantitative estimate of drug-likeness (QED) is 0.585. The van der Waals surface area contributed by atoms with Gasteiger partial charge in [-0.05, 0) is 12.1 Å². The molecule has 1 amide bonds. The molecule has 0 spiro atoms. The zero-order valence-corrected chi connectivity index (χ0v) is 16.7. The zero-order valence-electron chi connectivity index (χ0n) is 16.7. The van der Waals surface area contributed by atoms with E-state index in [0.717, 1.165) is 24.5 Å². The molecule has 1 unspecified atom stereocenters. The summed E-state index contributed by atoms with van der Waals surface area (Å²) in [5.74, 6) is 2.61. The van der Waals surface area contributed by atoms with Crippen LogP contribution in [0.2, 0.25) is 0 Å². The van der Waals surface area contributed by atoms with Gasteiger partial charge < -0.3 is 23.5 Å². The summed E-state index contributed by atoms with van der Waals surface area (Å²) in [6, 6.07) is 5.80. The summed E-state index contributed by atoms with van der Waals surface area (Å²) in [5, 5.41) is 0. The van der Waals surface area contributed by atoms with Crippen molar-refractivity contribution in [2.75, 3.05) is 27.3 Å². The SMILES string of the molecule is COc1cccc(-c2nccn2CC2CC(=O)N(C)C2)c1OCCn1ccnc1. The van der Waals surface area contributed by atoms with Crippen molar-refractivity contribution in [3.05, 3.63) is 49.3 Å². The number of hydrogen-bond donors (Lipinski definition) is 0. The number of carbonyl (C=O) groups is 1. The van der Waals surface area contributed by atoms with Crippen LogP contribution >= 0.6 is 0 Å². The summed E-state index contributed by atoms with van der Waals surface area (Å²) >= 11 is 0. The number of benzene rings is 1. The Morgan fingerprint density at radius 2 is 2.14 bits per heavy atom. The van der Waals surface area contributed by atoms with E-state index in [-0.39, 0.29) is 11.8 Å². The number of imidazole rings is 2. The minimum Gasteiger partial charge on any atom is -0.493 e. The highest BCUT2D eigenvalue weighted by molar-refractivity contribution is 5.78. The second-order valence-corrected chi connectivity index (χ2v) is 7.23. The van der Waals surface area contributed by atoms with E-state index in [4.69, 9.17) is 9.47 Å². The van der Waals surface area contributed by atoms with Crippen molar-refractivity contribution in [3.8, 4) is 22.9 Å². The summed E-state index contributed by atoms with van der Waals surface area (Å²) in [6.07, 6.45) is 9.71. The number of rotatable bonds is 8. The van der Waals surface area contributed by atoms with Crippen molar-refractivity contribution in [1.82, 2.24) is 24.0 Å². The van der Waals surface area contributed by atoms with Crippen LogP contribution in [0.4, 0.5) is 0 Å². The largest absolute Gasteiger partial charge is 0.493 e. The highest BCUT2D eigenvalue weighted by Gasteiger charge is 2.28. The molecule has 1 aliphatic heterocycles. The first kappa shape index (κ1) is 19.0. The van der Waals surface area contributed by atoms with Crippen molar-refractivity contribution in [2.45, 2.75) is 19.5 Å². The molecule has 1 atom stereocenters. The molecular formula is C21H25N5O3. The number of para-hydroxylation sites is 1. The van der Waals surface area contributed by atoms with E-state index >= 15 is 0 Å². The summed E-state index contributed by atoms with van der Waals surface area (Å²) in [4.78, 5) is 22.3. The van der Waals surface area contributed by atoms with E-state index in [1.807, 2.05) is 42.2 Å². The molecule has 8 nitrogen and oxygen atoms in total. The first-order valence-electron chi connectivity index (χ1n) is 9.66. The molecule has 3 aromatic rings. The molecule has 1 aromatic carbocycles. The third-order valence-corrected chi connectivity index (χ3v) is 5.19. The lowest BCUT2D eigenvalue weighted by Gasteiger charge is -2.17. The van der Waals surface area contributed by atoms with Gasteiger partial charge in [-0.3, -0.25) is 4.79 Å². The number of aromatic nitrogens is 4. The van der Waals surface area contributed by atoms with Gasteiger partial charge in [0.2, 0.25) is 5.91 Å². The normalized spacial score (nSPS) is 16.4. The topological polar surface area (TPSA) is 74.4 Å². The highest BCUT2D eigenvalue weighted by atomic mass is 16.5. The molecule has 3 heterocycles. The molecule has 152 valence electrons. The van der Waals surface area contributed by atoms with Crippen LogP contribution in [0.15, 0.2) is 49.3 Å². The highest BCUT2D eigenvalue weighted by Crippen LogP contribution is 2.37. The van der Waals surface area contributed by atoms with E-state index in [1.54, 1.807) is 30.7 Å². The van der Waals surface area contributed by atoms with Gasteiger partial charge in [-0.15, -0.1) is 0 Å². The zero-order chi connectivity index (χ0) is 20.2. The van der Waals surface area contributed by atoms with Gasteiger partial charge in [0.1, 0.15) is 12.4 Å². The summed E-state index contributed by atoms with van der Waals surface area (Å²) < 4.78 is 15.7. The van der Waals surface area contributed by atoms with Crippen LogP contribution in [0.5, 0.6) is 11.5 Å². The van der Waals surface area contributed by atoms with Gasteiger partial charge in [-0.2, -0.15) is 0 Å². The molecule has 8 heteroatoms. The number of ether oxygens (including phenoxy) is 2. The average molecular weight is 395 g/mol. The van der Waals surface area contributed by atoms with E-state index in [9.17, 15) is 4.79 Å². The lowest BCUT2D eigenvalue weighted by atomic mass is 10.1. The molecule has 0 aliphatic carbocycles. The molecule has 4 rings (SSSR count). The third kappa shape index (κ3) is 4.11. The molecular weight excluding hydrogens is 370 g/mol. The van der Waals surface area contributed by atoms with Crippen LogP contribution < -0.4 is 9.47 Å². The van der Waals surface area contributed by atoms with Crippen LogP contribution in [-0.2, 0) is 17.9 Å². The molecule has 29 heavy (non-hydrogen) atoms. The Morgan fingerprint density at radius 3 is 2.86 bits per heavy atom. The number of hydrogen-bond acceptors (Lipinski definition) is 5. The maximum atomic E-state index is 11.9. The molecule has 1 saturated heterocycles. The lowest BCUT2D eigenvalue weighted by molar-refractivity contribution is -0.126. The van der Waals surface area contributed by atoms with Gasteiger partial charge in [-0.1, -0.05) is 6.07 Å². The standard InChI is InChI=1S/C21H25N5O3/c1-24-13-16(12-19(24)27)14-26-9-7-23-21(26)17-4-3-5-18(28-2)20(17)29-11-10-25-8-6-22-15-25/h3-9,15-16H,10-14H2,1-2H3.